The van der Waals surface area contributed by atoms with E-state index in [4.69, 9.17) is 11.6 Å². The maximum Gasteiger partial charge on any atom is 0.253 e. The van der Waals surface area contributed by atoms with Gasteiger partial charge in [0.2, 0.25) is 0 Å². The van der Waals surface area contributed by atoms with Crippen LogP contribution in [0.3, 0.4) is 0 Å². The van der Waals surface area contributed by atoms with Crippen LogP contribution in [-0.2, 0) is 0 Å². The molecule has 0 unspecified atom stereocenters. The molecule has 1 atom stereocenters. The summed E-state index contributed by atoms with van der Waals surface area (Å²) >= 11 is 12.8. The Morgan fingerprint density at radius 1 is 1.10 bits per heavy atom. The quantitative estimate of drug-likeness (QED) is 0.716. The predicted molar refractivity (Wildman–Crippen MR) is 89.2 cm³/mol. The molecule has 104 valence electrons. The standard InChI is InChI=1S/C15H12Br2ClNO/c1-9(10-2-4-11(16)5-3-10)19-15(20)13-8-12(17)6-7-14(13)18/h2-9H,1H3,(H,19,20)/t9-/m1/s1. The summed E-state index contributed by atoms with van der Waals surface area (Å²) in [5.74, 6) is -0.188. The highest BCUT2D eigenvalue weighted by Crippen LogP contribution is 2.22. The van der Waals surface area contributed by atoms with Gasteiger partial charge in [-0.05, 0) is 42.8 Å². The minimum Gasteiger partial charge on any atom is -0.345 e. The number of hydrogen-bond donors (Lipinski definition) is 1. The maximum atomic E-state index is 12.2. The van der Waals surface area contributed by atoms with Crippen molar-refractivity contribution < 1.29 is 4.79 Å². The highest BCUT2D eigenvalue weighted by molar-refractivity contribution is 9.10. The number of benzene rings is 2. The third-order valence-electron chi connectivity index (χ3n) is 2.89. The van der Waals surface area contributed by atoms with Crippen LogP contribution in [0.4, 0.5) is 0 Å². The molecule has 0 aliphatic rings. The van der Waals surface area contributed by atoms with Gasteiger partial charge in [0.05, 0.1) is 16.6 Å². The molecule has 2 aromatic carbocycles. The molecule has 0 aliphatic carbocycles. The Labute approximate surface area is 139 Å². The first-order valence-corrected chi connectivity index (χ1v) is 7.95. The van der Waals surface area contributed by atoms with Crippen LogP contribution in [0.15, 0.2) is 51.4 Å². The molecule has 0 fully saturated rings. The number of carbonyl (C=O) groups excluding carboxylic acids is 1. The van der Waals surface area contributed by atoms with Crippen LogP contribution in [-0.4, -0.2) is 5.91 Å². The summed E-state index contributed by atoms with van der Waals surface area (Å²) in [6.45, 7) is 1.94. The average molecular weight is 418 g/mol. The summed E-state index contributed by atoms with van der Waals surface area (Å²) in [4.78, 5) is 12.2. The van der Waals surface area contributed by atoms with Crippen molar-refractivity contribution in [2.24, 2.45) is 0 Å². The SMILES string of the molecule is C[C@@H](NC(=O)c1cc(Br)ccc1Cl)c1ccc(Br)cc1. The Balaban J connectivity index is 2.15. The molecule has 0 bridgehead atoms. The van der Waals surface area contributed by atoms with E-state index in [1.165, 1.54) is 0 Å². The van der Waals surface area contributed by atoms with Gasteiger partial charge < -0.3 is 5.32 Å². The Bertz CT molecular complexity index is 628. The smallest absolute Gasteiger partial charge is 0.253 e. The fourth-order valence-corrected chi connectivity index (χ4v) is 2.61. The van der Waals surface area contributed by atoms with Gasteiger partial charge in [0.1, 0.15) is 0 Å². The van der Waals surface area contributed by atoms with Gasteiger partial charge in [-0.25, -0.2) is 0 Å². The molecule has 0 spiro atoms. The van der Waals surface area contributed by atoms with Crippen molar-refractivity contribution in [3.63, 3.8) is 0 Å². The molecular formula is C15H12Br2ClNO. The van der Waals surface area contributed by atoms with E-state index in [1.807, 2.05) is 31.2 Å². The highest BCUT2D eigenvalue weighted by Gasteiger charge is 2.14. The minimum absolute atomic E-state index is 0.0920. The molecule has 0 saturated carbocycles. The second-order valence-corrected chi connectivity index (χ2v) is 6.61. The van der Waals surface area contributed by atoms with Gasteiger partial charge in [0.15, 0.2) is 0 Å². The topological polar surface area (TPSA) is 29.1 Å². The maximum absolute atomic E-state index is 12.2. The minimum atomic E-state index is -0.188. The van der Waals surface area contributed by atoms with Gasteiger partial charge in [-0.2, -0.15) is 0 Å². The van der Waals surface area contributed by atoms with Crippen molar-refractivity contribution in [3.05, 3.63) is 67.6 Å². The lowest BCUT2D eigenvalue weighted by molar-refractivity contribution is 0.0940. The lowest BCUT2D eigenvalue weighted by atomic mass is 10.1. The molecule has 0 aliphatic heterocycles. The van der Waals surface area contributed by atoms with E-state index in [0.717, 1.165) is 14.5 Å². The number of halogens is 3. The van der Waals surface area contributed by atoms with Crippen LogP contribution in [0.5, 0.6) is 0 Å². The molecular weight excluding hydrogens is 405 g/mol. The molecule has 2 rings (SSSR count). The van der Waals surface area contributed by atoms with Crippen LogP contribution < -0.4 is 5.32 Å². The molecule has 1 N–H and O–H groups in total. The molecule has 5 heteroatoms. The van der Waals surface area contributed by atoms with Crippen molar-refractivity contribution in [1.29, 1.82) is 0 Å². The lowest BCUT2D eigenvalue weighted by Gasteiger charge is -2.15. The summed E-state index contributed by atoms with van der Waals surface area (Å²) in [5.41, 5.74) is 1.50. The van der Waals surface area contributed by atoms with Gasteiger partial charge in [-0.15, -0.1) is 0 Å². The third-order valence-corrected chi connectivity index (χ3v) is 4.24. The van der Waals surface area contributed by atoms with Gasteiger partial charge >= 0.3 is 0 Å². The monoisotopic (exact) mass is 415 g/mol. The predicted octanol–water partition coefficient (Wildman–Crippen LogP) is 5.36. The molecule has 0 aromatic heterocycles. The zero-order valence-corrected chi connectivity index (χ0v) is 14.6. The van der Waals surface area contributed by atoms with Crippen LogP contribution in [0.25, 0.3) is 0 Å². The summed E-state index contributed by atoms with van der Waals surface area (Å²) in [6, 6.07) is 13.0. The summed E-state index contributed by atoms with van der Waals surface area (Å²) < 4.78 is 1.83. The van der Waals surface area contributed by atoms with Crippen molar-refractivity contribution in [2.45, 2.75) is 13.0 Å². The molecule has 1 amide bonds. The summed E-state index contributed by atoms with van der Waals surface area (Å²) in [7, 11) is 0. The van der Waals surface area contributed by atoms with E-state index in [9.17, 15) is 4.79 Å². The van der Waals surface area contributed by atoms with Gasteiger partial charge in [-0.3, -0.25) is 4.79 Å². The number of rotatable bonds is 3. The first-order chi connectivity index (χ1) is 9.47. The van der Waals surface area contributed by atoms with Gasteiger partial charge in [0, 0.05) is 8.95 Å². The molecule has 20 heavy (non-hydrogen) atoms. The van der Waals surface area contributed by atoms with Crippen molar-refractivity contribution in [2.75, 3.05) is 0 Å². The molecule has 0 heterocycles. The molecule has 2 aromatic rings. The van der Waals surface area contributed by atoms with Crippen LogP contribution in [0.1, 0.15) is 28.9 Å². The number of amides is 1. The van der Waals surface area contributed by atoms with Crippen LogP contribution in [0, 0.1) is 0 Å². The van der Waals surface area contributed by atoms with Crippen LogP contribution in [0.2, 0.25) is 5.02 Å². The zero-order valence-electron chi connectivity index (χ0n) is 10.7. The first-order valence-electron chi connectivity index (χ1n) is 5.99. The summed E-state index contributed by atoms with van der Waals surface area (Å²) in [5, 5.41) is 3.38. The summed E-state index contributed by atoms with van der Waals surface area (Å²) in [6.07, 6.45) is 0. The lowest BCUT2D eigenvalue weighted by Crippen LogP contribution is -2.26. The Morgan fingerprint density at radius 2 is 1.70 bits per heavy atom. The van der Waals surface area contributed by atoms with E-state index < -0.39 is 0 Å². The average Bonchev–Trinajstić information content (AvgIpc) is 2.42. The van der Waals surface area contributed by atoms with Crippen LogP contribution >= 0.6 is 43.5 Å². The van der Waals surface area contributed by atoms with E-state index in [-0.39, 0.29) is 11.9 Å². The van der Waals surface area contributed by atoms with E-state index in [1.54, 1.807) is 18.2 Å². The van der Waals surface area contributed by atoms with E-state index >= 15 is 0 Å². The van der Waals surface area contributed by atoms with E-state index in [2.05, 4.69) is 37.2 Å². The van der Waals surface area contributed by atoms with Gasteiger partial charge in [0.25, 0.3) is 5.91 Å². The highest BCUT2D eigenvalue weighted by atomic mass is 79.9. The molecule has 2 nitrogen and oxygen atoms in total. The number of carbonyl (C=O) groups is 1. The fourth-order valence-electron chi connectivity index (χ4n) is 1.78. The van der Waals surface area contributed by atoms with Gasteiger partial charge in [-0.1, -0.05) is 55.6 Å². The third kappa shape index (κ3) is 3.84. The number of hydrogen-bond acceptors (Lipinski definition) is 1. The zero-order chi connectivity index (χ0) is 14.7. The first kappa shape index (κ1) is 15.5. The normalized spacial score (nSPS) is 12.0. The van der Waals surface area contributed by atoms with E-state index in [0.29, 0.717) is 10.6 Å². The Kier molecular flexibility index (Phi) is 5.24. The van der Waals surface area contributed by atoms with Crippen molar-refractivity contribution in [3.8, 4) is 0 Å². The number of nitrogens with one attached hydrogen (secondary N) is 1. The Morgan fingerprint density at radius 3 is 2.35 bits per heavy atom. The van der Waals surface area contributed by atoms with Crippen molar-refractivity contribution >= 4 is 49.4 Å². The van der Waals surface area contributed by atoms with Crippen molar-refractivity contribution in [1.82, 2.24) is 5.32 Å². The second kappa shape index (κ2) is 6.74. The second-order valence-electron chi connectivity index (χ2n) is 4.37. The molecule has 0 saturated heterocycles. The fraction of sp³-hybridized carbons (Fsp3) is 0.133. The largest absolute Gasteiger partial charge is 0.345 e. The Hall–Kier alpha value is -0.840. The molecule has 0 radical (unpaired) electrons.